The van der Waals surface area contributed by atoms with E-state index in [0.717, 1.165) is 11.1 Å². The number of nitrogen functional groups attached to an aromatic ring is 1. The smallest absolute Gasteiger partial charge is 0.276 e. The first-order valence-corrected chi connectivity index (χ1v) is 13.0. The summed E-state index contributed by atoms with van der Waals surface area (Å²) < 4.78 is 37.9. The molecule has 0 spiro atoms. The molecular weight excluding hydrogens is 506 g/mol. The van der Waals surface area contributed by atoms with Gasteiger partial charge in [0.1, 0.15) is 11.5 Å². The van der Waals surface area contributed by atoms with Crippen molar-refractivity contribution in [1.82, 2.24) is 10.5 Å². The van der Waals surface area contributed by atoms with Gasteiger partial charge < -0.3 is 15.2 Å². The molecule has 3 aromatic carbocycles. The Morgan fingerprint density at radius 1 is 1.05 bits per heavy atom. The highest BCUT2D eigenvalue weighted by Gasteiger charge is 2.28. The largest absolute Gasteiger partial charge is 0.497 e. The minimum atomic E-state index is -4.13. The number of carbonyl (C=O) groups excluding carboxylic acids is 1. The Morgan fingerprint density at radius 3 is 2.39 bits per heavy atom. The number of aromatic nitrogens is 1. The molecule has 1 aromatic heterocycles. The lowest BCUT2D eigenvalue weighted by Crippen LogP contribution is -2.22. The van der Waals surface area contributed by atoms with Crippen molar-refractivity contribution in [3.05, 3.63) is 95.3 Å². The number of aryl methyl sites for hydroxylation is 1. The fraction of sp³-hybridized carbons (Fsp3) is 0.143. The van der Waals surface area contributed by atoms with Crippen LogP contribution in [0.4, 0.5) is 5.69 Å². The number of pyridine rings is 1. The molecule has 4 aromatic rings. The number of nitrogens with one attached hydrogen (secondary N) is 1. The predicted molar refractivity (Wildman–Crippen MR) is 142 cm³/mol. The number of hydrogen-bond acceptors (Lipinski definition) is 8. The molecule has 1 heterocycles. The lowest BCUT2D eigenvalue weighted by Gasteiger charge is -2.18. The van der Waals surface area contributed by atoms with Gasteiger partial charge in [0.2, 0.25) is 9.84 Å². The third-order valence-corrected chi connectivity index (χ3v) is 8.18. The van der Waals surface area contributed by atoms with Crippen LogP contribution in [0.5, 0.6) is 11.5 Å². The summed E-state index contributed by atoms with van der Waals surface area (Å²) >= 11 is 0. The predicted octanol–water partition coefficient (Wildman–Crippen LogP) is 4.20. The Hall–Kier alpha value is -4.41. The SMILES string of the molecule is COc1ccc(S(=O)(=O)c2c(C)cc(-c3ccc(OC)c(Cc4cccnc4)c3N)cc2C(=O)NO)cc1. The molecule has 0 fully saturated rings. The van der Waals surface area contributed by atoms with Crippen LogP contribution in [0, 0.1) is 6.92 Å². The molecule has 9 nitrogen and oxygen atoms in total. The van der Waals surface area contributed by atoms with Crippen LogP contribution in [-0.2, 0) is 16.3 Å². The number of nitrogens with zero attached hydrogens (tertiary/aromatic N) is 1. The number of hydroxylamine groups is 1. The van der Waals surface area contributed by atoms with E-state index in [1.54, 1.807) is 50.1 Å². The maximum Gasteiger partial charge on any atom is 0.276 e. The molecule has 0 saturated heterocycles. The van der Waals surface area contributed by atoms with Gasteiger partial charge in [-0.2, -0.15) is 0 Å². The monoisotopic (exact) mass is 533 g/mol. The second-order valence-corrected chi connectivity index (χ2v) is 10.4. The van der Waals surface area contributed by atoms with Gasteiger partial charge in [0.15, 0.2) is 0 Å². The van der Waals surface area contributed by atoms with Crippen molar-refractivity contribution in [3.8, 4) is 22.6 Å². The van der Waals surface area contributed by atoms with Crippen molar-refractivity contribution in [2.75, 3.05) is 20.0 Å². The van der Waals surface area contributed by atoms with Gasteiger partial charge in [-0.1, -0.05) is 12.1 Å². The van der Waals surface area contributed by atoms with E-state index in [0.29, 0.717) is 40.3 Å². The molecule has 0 atom stereocenters. The van der Waals surface area contributed by atoms with Crippen molar-refractivity contribution in [2.45, 2.75) is 23.1 Å². The minimum Gasteiger partial charge on any atom is -0.497 e. The molecule has 0 aliphatic heterocycles. The zero-order valence-electron chi connectivity index (χ0n) is 21.1. The maximum atomic E-state index is 13.6. The molecule has 1 amide bonds. The van der Waals surface area contributed by atoms with Gasteiger partial charge in [-0.25, -0.2) is 13.9 Å². The summed E-state index contributed by atoms with van der Waals surface area (Å²) in [5, 5.41) is 9.44. The first-order valence-electron chi connectivity index (χ1n) is 11.5. The third-order valence-electron chi connectivity index (χ3n) is 6.21. The first-order chi connectivity index (χ1) is 18.2. The van der Waals surface area contributed by atoms with Crippen molar-refractivity contribution in [2.24, 2.45) is 0 Å². The summed E-state index contributed by atoms with van der Waals surface area (Å²) in [5.41, 5.74) is 11.4. The second-order valence-electron chi connectivity index (χ2n) is 8.54. The van der Waals surface area contributed by atoms with Crippen LogP contribution < -0.4 is 20.7 Å². The number of hydrogen-bond donors (Lipinski definition) is 3. The number of amides is 1. The topological polar surface area (TPSA) is 141 Å². The number of benzene rings is 3. The van der Waals surface area contributed by atoms with Crippen molar-refractivity contribution >= 4 is 21.4 Å². The average molecular weight is 534 g/mol. The molecule has 196 valence electrons. The lowest BCUT2D eigenvalue weighted by molar-refractivity contribution is 0.0702. The zero-order chi connectivity index (χ0) is 27.4. The van der Waals surface area contributed by atoms with Gasteiger partial charge in [-0.05, 0) is 72.1 Å². The van der Waals surface area contributed by atoms with E-state index in [4.69, 9.17) is 15.2 Å². The summed E-state index contributed by atoms with van der Waals surface area (Å²) in [4.78, 5) is 16.6. The Bertz CT molecular complexity index is 1590. The normalized spacial score (nSPS) is 11.2. The van der Waals surface area contributed by atoms with Crippen LogP contribution in [0.25, 0.3) is 11.1 Å². The van der Waals surface area contributed by atoms with E-state index in [1.807, 2.05) is 12.1 Å². The summed E-state index contributed by atoms with van der Waals surface area (Å²) in [6.45, 7) is 1.59. The van der Waals surface area contributed by atoms with Crippen LogP contribution in [-0.4, -0.2) is 38.7 Å². The van der Waals surface area contributed by atoms with Gasteiger partial charge in [0, 0.05) is 35.6 Å². The van der Waals surface area contributed by atoms with Crippen LogP contribution in [0.3, 0.4) is 0 Å². The fourth-order valence-electron chi connectivity index (χ4n) is 4.36. The summed E-state index contributed by atoms with van der Waals surface area (Å²) in [6.07, 6.45) is 3.86. The lowest BCUT2D eigenvalue weighted by atomic mass is 9.94. The van der Waals surface area contributed by atoms with Crippen LogP contribution in [0.1, 0.15) is 27.0 Å². The Morgan fingerprint density at radius 2 is 1.79 bits per heavy atom. The van der Waals surface area contributed by atoms with Crippen molar-refractivity contribution in [3.63, 3.8) is 0 Å². The van der Waals surface area contributed by atoms with E-state index in [1.165, 1.54) is 37.4 Å². The number of nitrogens with two attached hydrogens (primary N) is 1. The van der Waals surface area contributed by atoms with Crippen LogP contribution >= 0.6 is 0 Å². The quantitative estimate of drug-likeness (QED) is 0.174. The second kappa shape index (κ2) is 10.9. The number of rotatable bonds is 8. The highest BCUT2D eigenvalue weighted by atomic mass is 32.2. The maximum absolute atomic E-state index is 13.6. The number of sulfone groups is 1. The van der Waals surface area contributed by atoms with E-state index >= 15 is 0 Å². The highest BCUT2D eigenvalue weighted by Crippen LogP contribution is 2.39. The molecule has 4 N–H and O–H groups in total. The third kappa shape index (κ3) is 5.04. The minimum absolute atomic E-state index is 0.0242. The first kappa shape index (κ1) is 26.6. The Kier molecular flexibility index (Phi) is 7.65. The fourth-order valence-corrected chi connectivity index (χ4v) is 6.02. The van der Waals surface area contributed by atoms with Gasteiger partial charge >= 0.3 is 0 Å². The average Bonchev–Trinajstić information content (AvgIpc) is 2.93. The summed E-state index contributed by atoms with van der Waals surface area (Å²) in [5.74, 6) is 0.102. The number of methoxy groups -OCH3 is 2. The molecule has 0 aliphatic carbocycles. The zero-order valence-corrected chi connectivity index (χ0v) is 21.9. The van der Waals surface area contributed by atoms with Crippen molar-refractivity contribution in [1.29, 1.82) is 0 Å². The highest BCUT2D eigenvalue weighted by molar-refractivity contribution is 7.91. The summed E-state index contributed by atoms with van der Waals surface area (Å²) in [7, 11) is -1.11. The van der Waals surface area contributed by atoms with Gasteiger partial charge in [-0.3, -0.25) is 15.0 Å². The molecule has 0 aliphatic rings. The molecule has 10 heteroatoms. The van der Waals surface area contributed by atoms with Gasteiger partial charge in [0.05, 0.1) is 29.6 Å². The Labute approximate surface area is 220 Å². The molecule has 38 heavy (non-hydrogen) atoms. The standard InChI is InChI=1S/C28H27N3O6S/c1-17-13-19(22-10-11-25(37-3)23(26(22)29)14-18-5-4-12-30-16-18)15-24(28(32)31-33)27(17)38(34,35)21-8-6-20(36-2)7-9-21/h4-13,15-16,33H,14,29H2,1-3H3,(H,31,32). The number of carbonyl (C=O) groups is 1. The summed E-state index contributed by atoms with van der Waals surface area (Å²) in [6, 6.07) is 16.1. The van der Waals surface area contributed by atoms with Crippen LogP contribution in [0.2, 0.25) is 0 Å². The Balaban J connectivity index is 1.89. The van der Waals surface area contributed by atoms with Crippen LogP contribution in [0.15, 0.2) is 82.8 Å². The van der Waals surface area contributed by atoms with E-state index < -0.39 is 15.7 Å². The molecule has 4 rings (SSSR count). The molecule has 0 unspecified atom stereocenters. The molecule has 0 bridgehead atoms. The van der Waals surface area contributed by atoms with E-state index in [2.05, 4.69) is 4.98 Å². The molecule has 0 radical (unpaired) electrons. The van der Waals surface area contributed by atoms with E-state index in [-0.39, 0.29) is 15.4 Å². The molecule has 0 saturated carbocycles. The number of ether oxygens (including phenoxy) is 2. The van der Waals surface area contributed by atoms with E-state index in [9.17, 15) is 18.4 Å². The van der Waals surface area contributed by atoms with Crippen molar-refractivity contribution < 1.29 is 27.9 Å². The van der Waals surface area contributed by atoms with Gasteiger partial charge in [0.25, 0.3) is 5.91 Å². The van der Waals surface area contributed by atoms with Gasteiger partial charge in [-0.15, -0.1) is 0 Å². The number of anilines is 1. The molecular formula is C28H27N3O6S.